The van der Waals surface area contributed by atoms with Crippen LogP contribution in [0.4, 0.5) is 0 Å². The van der Waals surface area contributed by atoms with Gasteiger partial charge >= 0.3 is 0 Å². The molecule has 0 aromatic carbocycles. The van der Waals surface area contributed by atoms with E-state index in [1.807, 2.05) is 6.92 Å². The molecule has 0 N–H and O–H groups in total. The molecule has 0 unspecified atom stereocenters. The quantitative estimate of drug-likeness (QED) is 0.697. The molecule has 2 nitrogen and oxygen atoms in total. The molecular formula is C13H23NO. The topological polar surface area (TPSA) is 20.3 Å². The van der Waals surface area contributed by atoms with E-state index in [2.05, 4.69) is 4.90 Å². The molecule has 86 valence electrons. The largest absolute Gasteiger partial charge is 0.339 e. The molecule has 0 radical (unpaired) electrons. The van der Waals surface area contributed by atoms with Gasteiger partial charge in [-0.1, -0.05) is 26.2 Å². The van der Waals surface area contributed by atoms with Gasteiger partial charge in [-0.05, 0) is 31.6 Å². The zero-order valence-electron chi connectivity index (χ0n) is 9.87. The molecule has 2 aliphatic carbocycles. The first-order valence-electron chi connectivity index (χ1n) is 6.60. The van der Waals surface area contributed by atoms with Crippen molar-refractivity contribution in [1.29, 1.82) is 0 Å². The molecule has 2 fully saturated rings. The fourth-order valence-corrected chi connectivity index (χ4v) is 2.69. The Balaban J connectivity index is 1.84. The van der Waals surface area contributed by atoms with E-state index in [-0.39, 0.29) is 0 Å². The Bertz CT molecular complexity index is 217. The zero-order valence-corrected chi connectivity index (χ0v) is 9.87. The van der Waals surface area contributed by atoms with Gasteiger partial charge in [-0.3, -0.25) is 4.79 Å². The Kier molecular flexibility index (Phi) is 3.66. The smallest absolute Gasteiger partial charge is 0.222 e. The lowest BCUT2D eigenvalue weighted by atomic mass is 9.89. The van der Waals surface area contributed by atoms with Gasteiger partial charge in [-0.25, -0.2) is 0 Å². The van der Waals surface area contributed by atoms with Gasteiger partial charge in [-0.15, -0.1) is 0 Å². The minimum atomic E-state index is 0.378. The van der Waals surface area contributed by atoms with Gasteiger partial charge in [0.05, 0.1) is 0 Å². The van der Waals surface area contributed by atoms with Crippen molar-refractivity contribution in [3.8, 4) is 0 Å². The van der Waals surface area contributed by atoms with Crippen molar-refractivity contribution in [3.05, 3.63) is 0 Å². The van der Waals surface area contributed by atoms with E-state index in [1.165, 1.54) is 44.9 Å². The van der Waals surface area contributed by atoms with E-state index >= 15 is 0 Å². The van der Waals surface area contributed by atoms with Crippen LogP contribution in [0.2, 0.25) is 0 Å². The molecule has 0 aromatic heterocycles. The average molecular weight is 209 g/mol. The van der Waals surface area contributed by atoms with Crippen molar-refractivity contribution >= 4 is 5.91 Å². The van der Waals surface area contributed by atoms with Crippen LogP contribution in [0, 0.1) is 5.92 Å². The number of nitrogens with zero attached hydrogens (tertiary/aromatic N) is 1. The van der Waals surface area contributed by atoms with Crippen molar-refractivity contribution < 1.29 is 4.79 Å². The molecule has 0 atom stereocenters. The second-order valence-electron chi connectivity index (χ2n) is 5.13. The molecule has 0 aromatic rings. The first-order chi connectivity index (χ1) is 7.31. The van der Waals surface area contributed by atoms with Crippen molar-refractivity contribution in [2.24, 2.45) is 5.92 Å². The van der Waals surface area contributed by atoms with Gasteiger partial charge in [0.25, 0.3) is 0 Å². The number of amides is 1. The molecule has 15 heavy (non-hydrogen) atoms. The summed E-state index contributed by atoms with van der Waals surface area (Å²) in [6.07, 6.45) is 10.0. The van der Waals surface area contributed by atoms with Crippen molar-refractivity contribution in [1.82, 2.24) is 4.90 Å². The van der Waals surface area contributed by atoms with E-state index in [1.54, 1.807) is 0 Å². The maximum absolute atomic E-state index is 11.8. The summed E-state index contributed by atoms with van der Waals surface area (Å²) in [6, 6.07) is 0.611. The maximum atomic E-state index is 11.8. The van der Waals surface area contributed by atoms with Gasteiger partial charge in [0, 0.05) is 19.0 Å². The lowest BCUT2D eigenvalue weighted by Crippen LogP contribution is -2.37. The molecule has 0 heterocycles. The van der Waals surface area contributed by atoms with Crippen LogP contribution >= 0.6 is 0 Å². The molecule has 0 aliphatic heterocycles. The zero-order chi connectivity index (χ0) is 10.7. The molecule has 0 spiro atoms. The summed E-state index contributed by atoms with van der Waals surface area (Å²) in [5, 5.41) is 0. The van der Waals surface area contributed by atoms with Crippen LogP contribution in [-0.4, -0.2) is 23.4 Å². The number of hydrogen-bond acceptors (Lipinski definition) is 1. The summed E-state index contributed by atoms with van der Waals surface area (Å²) < 4.78 is 0. The summed E-state index contributed by atoms with van der Waals surface area (Å²) in [6.45, 7) is 3.04. The maximum Gasteiger partial charge on any atom is 0.222 e. The van der Waals surface area contributed by atoms with Gasteiger partial charge in [0.2, 0.25) is 5.91 Å². The van der Waals surface area contributed by atoms with Crippen LogP contribution in [0.5, 0.6) is 0 Å². The van der Waals surface area contributed by atoms with E-state index in [4.69, 9.17) is 0 Å². The molecule has 2 rings (SSSR count). The fourth-order valence-electron chi connectivity index (χ4n) is 2.69. The van der Waals surface area contributed by atoms with Gasteiger partial charge in [0.1, 0.15) is 0 Å². The lowest BCUT2D eigenvalue weighted by Gasteiger charge is -2.29. The second-order valence-corrected chi connectivity index (χ2v) is 5.13. The second kappa shape index (κ2) is 5.00. The number of rotatable bonds is 4. The monoisotopic (exact) mass is 209 g/mol. The fraction of sp³-hybridized carbons (Fsp3) is 0.923. The Hall–Kier alpha value is -0.530. The summed E-state index contributed by atoms with van der Waals surface area (Å²) in [7, 11) is 0. The third-order valence-electron chi connectivity index (χ3n) is 3.79. The molecular weight excluding hydrogens is 186 g/mol. The van der Waals surface area contributed by atoms with Crippen molar-refractivity contribution in [2.45, 2.75) is 64.3 Å². The summed E-state index contributed by atoms with van der Waals surface area (Å²) in [5.41, 5.74) is 0. The molecule has 2 heteroatoms. The first-order valence-corrected chi connectivity index (χ1v) is 6.60. The Labute approximate surface area is 93.0 Å². The van der Waals surface area contributed by atoms with E-state index in [0.717, 1.165) is 12.5 Å². The molecule has 2 aliphatic rings. The summed E-state index contributed by atoms with van der Waals surface area (Å²) >= 11 is 0. The van der Waals surface area contributed by atoms with Crippen LogP contribution in [0.1, 0.15) is 58.3 Å². The number of hydrogen-bond donors (Lipinski definition) is 0. The van der Waals surface area contributed by atoms with Gasteiger partial charge in [0.15, 0.2) is 0 Å². The number of carbonyl (C=O) groups is 1. The normalized spacial score (nSPS) is 22.7. The highest BCUT2D eigenvalue weighted by molar-refractivity contribution is 5.76. The van der Waals surface area contributed by atoms with Crippen molar-refractivity contribution in [2.75, 3.05) is 6.54 Å². The molecule has 1 amide bonds. The van der Waals surface area contributed by atoms with Gasteiger partial charge < -0.3 is 4.90 Å². The molecule has 0 saturated heterocycles. The van der Waals surface area contributed by atoms with E-state index in [0.29, 0.717) is 18.4 Å². The predicted octanol–water partition coefficient (Wildman–Crippen LogP) is 2.97. The highest BCUT2D eigenvalue weighted by Crippen LogP contribution is 2.31. The van der Waals surface area contributed by atoms with Gasteiger partial charge in [-0.2, -0.15) is 0 Å². The highest BCUT2D eigenvalue weighted by Gasteiger charge is 2.33. The van der Waals surface area contributed by atoms with Crippen LogP contribution in [-0.2, 0) is 4.79 Å². The third kappa shape index (κ3) is 2.96. The minimum absolute atomic E-state index is 0.378. The van der Waals surface area contributed by atoms with Crippen molar-refractivity contribution in [3.63, 3.8) is 0 Å². The SMILES string of the molecule is CCC(=O)N(CC1CCCCC1)C1CC1. The highest BCUT2D eigenvalue weighted by atomic mass is 16.2. The minimum Gasteiger partial charge on any atom is -0.339 e. The Morgan fingerprint density at radius 3 is 2.33 bits per heavy atom. The predicted molar refractivity (Wildman–Crippen MR) is 61.6 cm³/mol. The summed E-state index contributed by atoms with van der Waals surface area (Å²) in [5.74, 6) is 1.18. The first kappa shape index (κ1) is 11.0. The lowest BCUT2D eigenvalue weighted by molar-refractivity contribution is -0.132. The summed E-state index contributed by atoms with van der Waals surface area (Å²) in [4.78, 5) is 14.0. The molecule has 0 bridgehead atoms. The molecule has 2 saturated carbocycles. The Morgan fingerprint density at radius 1 is 1.13 bits per heavy atom. The average Bonchev–Trinajstić information content (AvgIpc) is 3.10. The number of carbonyl (C=O) groups excluding carboxylic acids is 1. The van der Waals surface area contributed by atoms with Crippen LogP contribution < -0.4 is 0 Å². The van der Waals surface area contributed by atoms with Crippen LogP contribution in [0.25, 0.3) is 0 Å². The van der Waals surface area contributed by atoms with Crippen LogP contribution in [0.15, 0.2) is 0 Å². The third-order valence-corrected chi connectivity index (χ3v) is 3.79. The van der Waals surface area contributed by atoms with Crippen LogP contribution in [0.3, 0.4) is 0 Å². The standard InChI is InChI=1S/C13H23NO/c1-2-13(15)14(12-8-9-12)10-11-6-4-3-5-7-11/h11-12H,2-10H2,1H3. The Morgan fingerprint density at radius 2 is 1.80 bits per heavy atom. The van der Waals surface area contributed by atoms with E-state index in [9.17, 15) is 4.79 Å². The van der Waals surface area contributed by atoms with E-state index < -0.39 is 0 Å².